The van der Waals surface area contributed by atoms with Crippen LogP contribution in [0.4, 0.5) is 0 Å². The summed E-state index contributed by atoms with van der Waals surface area (Å²) in [6.45, 7) is 0. The van der Waals surface area contributed by atoms with E-state index < -0.39 is 17.9 Å². The second-order valence-electron chi connectivity index (χ2n) is 4.82. The molecule has 1 unspecified atom stereocenters. The molecule has 7 nitrogen and oxygen atoms in total. The number of rotatable bonds is 5. The lowest BCUT2D eigenvalue weighted by atomic mass is 9.90. The first kappa shape index (κ1) is 15.9. The van der Waals surface area contributed by atoms with Gasteiger partial charge in [-0.15, -0.1) is 0 Å². The minimum atomic E-state index is -0.770. The number of nitrogens with one attached hydrogen (secondary N) is 1. The zero-order valence-electron chi connectivity index (χ0n) is 13.0. The molecule has 1 amide bonds. The summed E-state index contributed by atoms with van der Waals surface area (Å²) in [6.07, 6.45) is 0.152. The smallest absolute Gasteiger partial charge is 0.329 e. The molecule has 2 rings (SSSR count). The van der Waals surface area contributed by atoms with Gasteiger partial charge in [-0.3, -0.25) is 4.79 Å². The minimum absolute atomic E-state index is 0.152. The number of carbonyl (C=O) groups excluding carboxylic acids is 2. The van der Waals surface area contributed by atoms with Gasteiger partial charge in [0.2, 0.25) is 5.91 Å². The van der Waals surface area contributed by atoms with Crippen molar-refractivity contribution in [3.05, 3.63) is 17.7 Å². The summed E-state index contributed by atoms with van der Waals surface area (Å²) in [6, 6.07) is 2.61. The van der Waals surface area contributed by atoms with Gasteiger partial charge in [-0.2, -0.15) is 0 Å². The van der Waals surface area contributed by atoms with Gasteiger partial charge in [0.25, 0.3) is 0 Å². The van der Waals surface area contributed by atoms with Crippen molar-refractivity contribution in [2.24, 2.45) is 0 Å². The van der Waals surface area contributed by atoms with Crippen LogP contribution in [0, 0.1) is 0 Å². The number of benzene rings is 1. The SMILES string of the molecule is COC(=O)C1NC(=O)C[C@H]1c1c(OC)cc(OC)cc1OC. The fourth-order valence-corrected chi connectivity index (χ4v) is 2.67. The fraction of sp³-hybridized carbons (Fsp3) is 0.467. The molecule has 0 radical (unpaired) electrons. The number of amides is 1. The zero-order valence-corrected chi connectivity index (χ0v) is 13.0. The monoisotopic (exact) mass is 309 g/mol. The van der Waals surface area contributed by atoms with Crippen LogP contribution in [0.5, 0.6) is 17.2 Å². The molecule has 120 valence electrons. The Kier molecular flexibility index (Phi) is 4.75. The van der Waals surface area contributed by atoms with Gasteiger partial charge >= 0.3 is 5.97 Å². The Balaban J connectivity index is 2.53. The van der Waals surface area contributed by atoms with Gasteiger partial charge in [0.15, 0.2) is 0 Å². The molecule has 0 saturated carbocycles. The molecular weight excluding hydrogens is 290 g/mol. The van der Waals surface area contributed by atoms with Gasteiger partial charge in [-0.05, 0) is 0 Å². The summed E-state index contributed by atoms with van der Waals surface area (Å²) in [7, 11) is 5.84. The van der Waals surface area contributed by atoms with Crippen LogP contribution in [-0.2, 0) is 14.3 Å². The molecule has 22 heavy (non-hydrogen) atoms. The Labute approximate surface area is 128 Å². The average Bonchev–Trinajstić information content (AvgIpc) is 2.93. The van der Waals surface area contributed by atoms with Crippen molar-refractivity contribution in [1.82, 2.24) is 5.32 Å². The van der Waals surface area contributed by atoms with Crippen molar-refractivity contribution in [3.8, 4) is 17.2 Å². The number of carbonyl (C=O) groups is 2. The molecule has 0 bridgehead atoms. The molecule has 0 spiro atoms. The number of ether oxygens (including phenoxy) is 4. The van der Waals surface area contributed by atoms with Gasteiger partial charge in [-0.1, -0.05) is 0 Å². The maximum atomic E-state index is 11.9. The molecule has 1 aliphatic heterocycles. The molecule has 1 aromatic carbocycles. The molecule has 2 atom stereocenters. The Morgan fingerprint density at radius 2 is 1.68 bits per heavy atom. The molecule has 1 aromatic rings. The summed E-state index contributed by atoms with van der Waals surface area (Å²) < 4.78 is 20.7. The maximum Gasteiger partial charge on any atom is 0.329 e. The zero-order chi connectivity index (χ0) is 16.3. The molecule has 7 heteroatoms. The van der Waals surface area contributed by atoms with E-state index in [2.05, 4.69) is 5.32 Å². The predicted molar refractivity (Wildman–Crippen MR) is 77.4 cm³/mol. The lowest BCUT2D eigenvalue weighted by Crippen LogP contribution is -2.37. The Bertz CT molecular complexity index is 560. The Morgan fingerprint density at radius 3 is 2.14 bits per heavy atom. The van der Waals surface area contributed by atoms with Gasteiger partial charge in [0.05, 0.1) is 28.4 Å². The average molecular weight is 309 g/mol. The van der Waals surface area contributed by atoms with Gasteiger partial charge < -0.3 is 24.3 Å². The van der Waals surface area contributed by atoms with Crippen LogP contribution in [-0.4, -0.2) is 46.4 Å². The van der Waals surface area contributed by atoms with Crippen LogP contribution in [0.25, 0.3) is 0 Å². The van der Waals surface area contributed by atoms with Crippen molar-refractivity contribution in [3.63, 3.8) is 0 Å². The number of hydrogen-bond donors (Lipinski definition) is 1. The second-order valence-corrected chi connectivity index (χ2v) is 4.82. The van der Waals surface area contributed by atoms with Crippen molar-refractivity contribution in [2.75, 3.05) is 28.4 Å². The third kappa shape index (κ3) is 2.79. The topological polar surface area (TPSA) is 83.1 Å². The van der Waals surface area contributed by atoms with E-state index in [1.807, 2.05) is 0 Å². The van der Waals surface area contributed by atoms with E-state index in [0.717, 1.165) is 0 Å². The standard InChI is InChI=1S/C15H19NO6/c1-19-8-5-10(20-2)13(11(6-8)21-3)9-7-12(17)16-14(9)15(18)22-4/h5-6,9,14H,7H2,1-4H3,(H,16,17)/t9-,14?/m0/s1. The first-order valence-corrected chi connectivity index (χ1v) is 6.72. The van der Waals surface area contributed by atoms with Crippen LogP contribution in [0.2, 0.25) is 0 Å². The van der Waals surface area contributed by atoms with Crippen molar-refractivity contribution in [1.29, 1.82) is 0 Å². The van der Waals surface area contributed by atoms with Crippen molar-refractivity contribution >= 4 is 11.9 Å². The van der Waals surface area contributed by atoms with E-state index in [9.17, 15) is 9.59 Å². The molecule has 1 fully saturated rings. The van der Waals surface area contributed by atoms with E-state index in [-0.39, 0.29) is 12.3 Å². The van der Waals surface area contributed by atoms with Crippen molar-refractivity contribution < 1.29 is 28.5 Å². The van der Waals surface area contributed by atoms with E-state index in [1.165, 1.54) is 28.4 Å². The molecule has 0 aromatic heterocycles. The molecule has 1 saturated heterocycles. The third-order valence-corrected chi connectivity index (χ3v) is 3.70. The Morgan fingerprint density at radius 1 is 1.09 bits per heavy atom. The van der Waals surface area contributed by atoms with E-state index in [4.69, 9.17) is 18.9 Å². The van der Waals surface area contributed by atoms with Gasteiger partial charge in [0, 0.05) is 30.0 Å². The van der Waals surface area contributed by atoms with Gasteiger partial charge in [0.1, 0.15) is 23.3 Å². The largest absolute Gasteiger partial charge is 0.496 e. The first-order valence-electron chi connectivity index (χ1n) is 6.72. The molecule has 1 heterocycles. The summed E-state index contributed by atoms with van der Waals surface area (Å²) in [5.41, 5.74) is 0.638. The summed E-state index contributed by atoms with van der Waals surface area (Å²) in [5, 5.41) is 2.63. The first-order chi connectivity index (χ1) is 10.5. The Hall–Kier alpha value is -2.44. The maximum absolute atomic E-state index is 11.9. The highest BCUT2D eigenvalue weighted by atomic mass is 16.5. The second kappa shape index (κ2) is 6.55. The summed E-state index contributed by atoms with van der Waals surface area (Å²) in [5.74, 6) is 0.384. The van der Waals surface area contributed by atoms with Crippen LogP contribution < -0.4 is 19.5 Å². The van der Waals surface area contributed by atoms with E-state index in [1.54, 1.807) is 12.1 Å². The normalized spacial score (nSPS) is 20.3. The van der Waals surface area contributed by atoms with Crippen LogP contribution in [0.3, 0.4) is 0 Å². The van der Waals surface area contributed by atoms with Crippen LogP contribution in [0.1, 0.15) is 17.9 Å². The van der Waals surface area contributed by atoms with E-state index in [0.29, 0.717) is 22.8 Å². The fourth-order valence-electron chi connectivity index (χ4n) is 2.67. The van der Waals surface area contributed by atoms with Gasteiger partial charge in [-0.25, -0.2) is 4.79 Å². The van der Waals surface area contributed by atoms with Crippen molar-refractivity contribution in [2.45, 2.75) is 18.4 Å². The quantitative estimate of drug-likeness (QED) is 0.812. The number of esters is 1. The molecular formula is C15H19NO6. The summed E-state index contributed by atoms with van der Waals surface area (Å²) >= 11 is 0. The predicted octanol–water partition coefficient (Wildman–Crippen LogP) is 0.857. The lowest BCUT2D eigenvalue weighted by Gasteiger charge is -2.22. The molecule has 1 aliphatic rings. The van der Waals surface area contributed by atoms with Crippen LogP contribution in [0.15, 0.2) is 12.1 Å². The molecule has 1 N–H and O–H groups in total. The minimum Gasteiger partial charge on any atom is -0.496 e. The lowest BCUT2D eigenvalue weighted by molar-refractivity contribution is -0.143. The third-order valence-electron chi connectivity index (χ3n) is 3.70. The number of methoxy groups -OCH3 is 4. The highest BCUT2D eigenvalue weighted by molar-refractivity contribution is 5.90. The van der Waals surface area contributed by atoms with E-state index >= 15 is 0 Å². The highest BCUT2D eigenvalue weighted by Gasteiger charge is 2.42. The summed E-state index contributed by atoms with van der Waals surface area (Å²) in [4.78, 5) is 23.7. The molecule has 0 aliphatic carbocycles. The highest BCUT2D eigenvalue weighted by Crippen LogP contribution is 2.43. The van der Waals surface area contributed by atoms with Crippen LogP contribution >= 0.6 is 0 Å². The number of hydrogen-bond acceptors (Lipinski definition) is 6.